The van der Waals surface area contributed by atoms with E-state index in [0.717, 1.165) is 16.7 Å². The van der Waals surface area contributed by atoms with E-state index in [0.29, 0.717) is 21.5 Å². The van der Waals surface area contributed by atoms with Gasteiger partial charge in [0.25, 0.3) is 15.9 Å². The van der Waals surface area contributed by atoms with Gasteiger partial charge in [-0.1, -0.05) is 79.6 Å². The highest BCUT2D eigenvalue weighted by Crippen LogP contribution is 2.40. The predicted molar refractivity (Wildman–Crippen MR) is 154 cm³/mol. The van der Waals surface area contributed by atoms with Gasteiger partial charge in [-0.25, -0.2) is 8.42 Å². The first-order chi connectivity index (χ1) is 18.4. The van der Waals surface area contributed by atoms with Crippen LogP contribution in [0.4, 0.5) is 10.8 Å². The molecule has 0 radical (unpaired) electrons. The summed E-state index contributed by atoms with van der Waals surface area (Å²) < 4.78 is 35.0. The zero-order valence-corrected chi connectivity index (χ0v) is 24.2. The third kappa shape index (κ3) is 5.63. The van der Waals surface area contributed by atoms with Gasteiger partial charge in [0, 0.05) is 10.6 Å². The first-order valence-electron chi connectivity index (χ1n) is 12.2. The van der Waals surface area contributed by atoms with Crippen molar-refractivity contribution in [2.45, 2.75) is 44.1 Å². The van der Waals surface area contributed by atoms with E-state index in [1.807, 2.05) is 52.0 Å². The lowest BCUT2D eigenvalue weighted by Gasteiger charge is -2.35. The van der Waals surface area contributed by atoms with Crippen LogP contribution in [0.2, 0.25) is 5.02 Å². The number of carbonyl (C=O) groups is 1. The number of anilines is 2. The topological polar surface area (TPSA) is 101 Å². The van der Waals surface area contributed by atoms with Crippen molar-refractivity contribution in [2.75, 3.05) is 16.2 Å². The summed E-state index contributed by atoms with van der Waals surface area (Å²) in [5, 5.41) is 12.4. The Balaban J connectivity index is 1.46. The van der Waals surface area contributed by atoms with Crippen LogP contribution in [0.1, 0.15) is 31.9 Å². The summed E-state index contributed by atoms with van der Waals surface area (Å²) in [6, 6.07) is 19.2. The highest BCUT2D eigenvalue weighted by atomic mass is 35.5. The van der Waals surface area contributed by atoms with Crippen molar-refractivity contribution in [3.63, 3.8) is 0 Å². The zero-order chi connectivity index (χ0) is 27.9. The van der Waals surface area contributed by atoms with E-state index in [2.05, 4.69) is 15.5 Å². The quantitative estimate of drug-likeness (QED) is 0.307. The molecule has 0 unspecified atom stereocenters. The van der Waals surface area contributed by atoms with Crippen LogP contribution >= 0.6 is 22.9 Å². The number of hydrogen-bond acceptors (Lipinski definition) is 7. The predicted octanol–water partition coefficient (Wildman–Crippen LogP) is 6.06. The molecule has 11 heteroatoms. The molecule has 1 amide bonds. The number of nitrogens with one attached hydrogen (secondary N) is 1. The van der Waals surface area contributed by atoms with Crippen molar-refractivity contribution >= 4 is 49.7 Å². The number of amides is 1. The number of rotatable bonds is 5. The van der Waals surface area contributed by atoms with Crippen LogP contribution in [-0.2, 0) is 20.2 Å². The average Bonchev–Trinajstić information content (AvgIpc) is 3.36. The van der Waals surface area contributed by atoms with Crippen LogP contribution in [0.5, 0.6) is 5.75 Å². The average molecular weight is 583 g/mol. The summed E-state index contributed by atoms with van der Waals surface area (Å²) in [7, 11) is -3.99. The molecule has 1 atom stereocenters. The lowest BCUT2D eigenvalue weighted by atomic mass is 9.86. The molecule has 1 aromatic heterocycles. The van der Waals surface area contributed by atoms with E-state index < -0.39 is 22.0 Å². The lowest BCUT2D eigenvalue weighted by molar-refractivity contribution is -0.122. The molecule has 1 aliphatic rings. The Morgan fingerprint density at radius 1 is 1.05 bits per heavy atom. The Morgan fingerprint density at radius 3 is 2.41 bits per heavy atom. The van der Waals surface area contributed by atoms with E-state index in [4.69, 9.17) is 16.3 Å². The van der Waals surface area contributed by atoms with E-state index in [1.54, 1.807) is 42.5 Å². The highest BCUT2D eigenvalue weighted by molar-refractivity contribution is 7.92. The smallest absolute Gasteiger partial charge is 0.269 e. The first kappa shape index (κ1) is 27.1. The molecule has 0 saturated heterocycles. The third-order valence-corrected chi connectivity index (χ3v) is 9.28. The fraction of sp³-hybridized carbons (Fsp3) is 0.250. The van der Waals surface area contributed by atoms with Crippen LogP contribution in [0, 0.1) is 6.92 Å². The molecule has 4 aromatic rings. The number of halogens is 1. The minimum absolute atomic E-state index is 0.137. The molecule has 1 aliphatic heterocycles. The molecule has 0 bridgehead atoms. The molecular formula is C28H27ClN4O4S2. The number of fused-ring (bicyclic) bond motifs is 1. The van der Waals surface area contributed by atoms with E-state index in [-0.39, 0.29) is 22.0 Å². The number of aryl methyl sites for hydroxylation is 1. The number of benzene rings is 3. The summed E-state index contributed by atoms with van der Waals surface area (Å²) in [5.41, 5.74) is 2.87. The minimum atomic E-state index is -3.99. The van der Waals surface area contributed by atoms with Crippen molar-refractivity contribution in [3.05, 3.63) is 82.9 Å². The maximum Gasteiger partial charge on any atom is 0.269 e. The molecule has 0 aliphatic carbocycles. The van der Waals surface area contributed by atoms with Crippen LogP contribution in [0.3, 0.4) is 0 Å². The van der Waals surface area contributed by atoms with Gasteiger partial charge in [-0.05, 0) is 54.3 Å². The monoisotopic (exact) mass is 582 g/mol. The molecule has 0 saturated carbocycles. The largest absolute Gasteiger partial charge is 0.476 e. The van der Waals surface area contributed by atoms with E-state index in [9.17, 15) is 13.2 Å². The second-order valence-corrected chi connectivity index (χ2v) is 13.6. The van der Waals surface area contributed by atoms with Crippen LogP contribution in [0.15, 0.2) is 71.6 Å². The Hall–Kier alpha value is -3.47. The SMILES string of the molecule is Cc1ccc(S(=O)(=O)N2C[C@@H](C(=O)Nc3nnc(-c4ccc(Cl)cc4)s3)Oc3ccc(C(C)(C)C)cc32)cc1. The first-order valence-corrected chi connectivity index (χ1v) is 14.9. The number of hydrogen-bond donors (Lipinski definition) is 1. The summed E-state index contributed by atoms with van der Waals surface area (Å²) >= 11 is 7.16. The second-order valence-electron chi connectivity index (χ2n) is 10.3. The number of sulfonamides is 1. The number of ether oxygens (including phenoxy) is 1. The minimum Gasteiger partial charge on any atom is -0.476 e. The highest BCUT2D eigenvalue weighted by Gasteiger charge is 2.38. The molecule has 2 heterocycles. The van der Waals surface area contributed by atoms with Gasteiger partial charge in [-0.2, -0.15) is 0 Å². The fourth-order valence-corrected chi connectivity index (χ4v) is 6.43. The third-order valence-electron chi connectivity index (χ3n) is 6.34. The lowest BCUT2D eigenvalue weighted by Crippen LogP contribution is -2.49. The maximum atomic E-state index is 13.8. The summed E-state index contributed by atoms with van der Waals surface area (Å²) in [6.07, 6.45) is -1.11. The molecule has 39 heavy (non-hydrogen) atoms. The molecule has 202 valence electrons. The Labute approximate surface area is 236 Å². The Bertz CT molecular complexity index is 1630. The van der Waals surface area contributed by atoms with Gasteiger partial charge in [-0.3, -0.25) is 14.4 Å². The van der Waals surface area contributed by atoms with Gasteiger partial charge in [0.05, 0.1) is 17.1 Å². The molecule has 0 fully saturated rings. The van der Waals surface area contributed by atoms with Crippen LogP contribution < -0.4 is 14.4 Å². The van der Waals surface area contributed by atoms with Crippen LogP contribution in [-0.4, -0.2) is 37.2 Å². The van der Waals surface area contributed by atoms with E-state index in [1.165, 1.54) is 15.6 Å². The number of carbonyl (C=O) groups excluding carboxylic acids is 1. The van der Waals surface area contributed by atoms with Gasteiger partial charge < -0.3 is 4.74 Å². The number of nitrogens with zero attached hydrogens (tertiary/aromatic N) is 3. The van der Waals surface area contributed by atoms with Crippen molar-refractivity contribution in [1.29, 1.82) is 0 Å². The molecule has 8 nitrogen and oxygen atoms in total. The molecule has 1 N–H and O–H groups in total. The zero-order valence-electron chi connectivity index (χ0n) is 21.8. The summed E-state index contributed by atoms with van der Waals surface area (Å²) in [5.74, 6) is -0.215. The van der Waals surface area contributed by atoms with Crippen molar-refractivity contribution in [2.24, 2.45) is 0 Å². The second kappa shape index (κ2) is 10.3. The Kier molecular flexibility index (Phi) is 7.13. The standard InChI is InChI=1S/C28H27ClN4O4S2/c1-17-5-12-21(13-6-17)39(35,36)33-16-24(37-23-14-9-19(15-22(23)33)28(2,3)4)25(34)30-27-32-31-26(38-27)18-7-10-20(29)11-8-18/h5-15,24H,16H2,1-4H3,(H,30,32,34)/t24-/m0/s1. The van der Waals surface area contributed by atoms with Gasteiger partial charge in [0.2, 0.25) is 5.13 Å². The maximum absolute atomic E-state index is 13.8. The number of aromatic nitrogens is 2. The van der Waals surface area contributed by atoms with Crippen molar-refractivity contribution < 1.29 is 17.9 Å². The fourth-order valence-electron chi connectivity index (χ4n) is 4.09. The normalized spacial score (nSPS) is 15.4. The van der Waals surface area contributed by atoms with Gasteiger partial charge in [-0.15, -0.1) is 10.2 Å². The summed E-state index contributed by atoms with van der Waals surface area (Å²) in [6.45, 7) is 7.84. The van der Waals surface area contributed by atoms with Gasteiger partial charge in [0.1, 0.15) is 10.8 Å². The van der Waals surface area contributed by atoms with Gasteiger partial charge >= 0.3 is 0 Å². The van der Waals surface area contributed by atoms with E-state index >= 15 is 0 Å². The summed E-state index contributed by atoms with van der Waals surface area (Å²) in [4.78, 5) is 13.4. The molecular weight excluding hydrogens is 556 g/mol. The molecule has 0 spiro atoms. The van der Waals surface area contributed by atoms with Gasteiger partial charge in [0.15, 0.2) is 6.10 Å². The van der Waals surface area contributed by atoms with Crippen LogP contribution in [0.25, 0.3) is 10.6 Å². The molecule has 5 rings (SSSR count). The Morgan fingerprint density at radius 2 is 1.74 bits per heavy atom. The molecule has 3 aromatic carbocycles. The van der Waals surface area contributed by atoms with Crippen molar-refractivity contribution in [1.82, 2.24) is 10.2 Å². The van der Waals surface area contributed by atoms with Crippen molar-refractivity contribution in [3.8, 4) is 16.3 Å².